The van der Waals surface area contributed by atoms with Crippen molar-refractivity contribution in [3.8, 4) is 0 Å². The lowest BCUT2D eigenvalue weighted by Gasteiger charge is -2.28. The van der Waals surface area contributed by atoms with Crippen molar-refractivity contribution in [1.82, 2.24) is 0 Å². The largest absolute Gasteiger partial charge is 0.300 e. The highest BCUT2D eigenvalue weighted by atomic mass is 16.1. The maximum atomic E-state index is 11.0. The summed E-state index contributed by atoms with van der Waals surface area (Å²) in [7, 11) is 0. The van der Waals surface area contributed by atoms with Crippen LogP contribution in [0.5, 0.6) is 0 Å². The Hall–Kier alpha value is -0.590. The van der Waals surface area contributed by atoms with E-state index in [1.54, 1.807) is 6.92 Å². The zero-order chi connectivity index (χ0) is 9.35. The Bertz CT molecular complexity index is 223. The predicted octanol–water partition coefficient (Wildman–Crippen LogP) is 2.96. The van der Waals surface area contributed by atoms with E-state index in [-0.39, 0.29) is 5.41 Å². The summed E-state index contributed by atoms with van der Waals surface area (Å²) in [5.74, 6) is 0.853. The summed E-state index contributed by atoms with van der Waals surface area (Å²) in [6.45, 7) is 8.32. The minimum Gasteiger partial charge on any atom is -0.300 e. The first-order valence-corrected chi connectivity index (χ1v) is 4.61. The number of rotatable bonds is 2. The second kappa shape index (κ2) is 3.04. The van der Waals surface area contributed by atoms with Gasteiger partial charge in [0.15, 0.2) is 0 Å². The fourth-order valence-corrected chi connectivity index (χ4v) is 1.88. The highest BCUT2D eigenvalue weighted by Gasteiger charge is 2.35. The maximum absolute atomic E-state index is 11.0. The predicted molar refractivity (Wildman–Crippen MR) is 50.9 cm³/mol. The van der Waals surface area contributed by atoms with Gasteiger partial charge < -0.3 is 4.79 Å². The minimum atomic E-state index is 0.242. The van der Waals surface area contributed by atoms with Gasteiger partial charge in [-0.2, -0.15) is 0 Å². The molecule has 0 aromatic rings. The van der Waals surface area contributed by atoms with Crippen molar-refractivity contribution in [2.75, 3.05) is 0 Å². The van der Waals surface area contributed by atoms with Crippen LogP contribution in [0, 0.1) is 11.3 Å². The van der Waals surface area contributed by atoms with Gasteiger partial charge in [0.2, 0.25) is 0 Å². The number of carbonyl (C=O) groups is 1. The summed E-state index contributed by atoms with van der Waals surface area (Å²) in [4.78, 5) is 11.0. The van der Waals surface area contributed by atoms with E-state index in [4.69, 9.17) is 0 Å². The molecule has 0 unspecified atom stereocenters. The van der Waals surface area contributed by atoms with Crippen molar-refractivity contribution in [2.24, 2.45) is 11.3 Å². The molecule has 0 radical (unpaired) electrons. The molecule has 0 aromatic heterocycles. The van der Waals surface area contributed by atoms with Crippen molar-refractivity contribution in [1.29, 1.82) is 0 Å². The molecule has 1 aliphatic carbocycles. The Kier molecular flexibility index (Phi) is 2.41. The molecule has 1 atom stereocenters. The Morgan fingerprint density at radius 1 is 1.67 bits per heavy atom. The van der Waals surface area contributed by atoms with Crippen LogP contribution in [0.4, 0.5) is 0 Å². The Morgan fingerprint density at radius 2 is 2.25 bits per heavy atom. The molecule has 1 rings (SSSR count). The standard InChI is InChI=1S/C11H18O/c1-8-5-6-10(7-9(2)12)11(8,3)4/h5,10H,6-7H2,1-4H3/t10-/m0/s1. The van der Waals surface area contributed by atoms with Gasteiger partial charge in [-0.3, -0.25) is 0 Å². The molecule has 0 saturated heterocycles. The van der Waals surface area contributed by atoms with Gasteiger partial charge in [0, 0.05) is 6.42 Å². The molecule has 0 spiro atoms. The molecule has 0 amide bonds. The summed E-state index contributed by atoms with van der Waals surface area (Å²) in [5, 5.41) is 0. The monoisotopic (exact) mass is 166 g/mol. The van der Waals surface area contributed by atoms with E-state index in [2.05, 4.69) is 26.8 Å². The lowest BCUT2D eigenvalue weighted by atomic mass is 9.75. The second-order valence-corrected chi connectivity index (χ2v) is 4.45. The van der Waals surface area contributed by atoms with Gasteiger partial charge in [-0.1, -0.05) is 25.5 Å². The van der Waals surface area contributed by atoms with E-state index < -0.39 is 0 Å². The second-order valence-electron chi connectivity index (χ2n) is 4.45. The van der Waals surface area contributed by atoms with E-state index in [9.17, 15) is 4.79 Å². The topological polar surface area (TPSA) is 17.1 Å². The summed E-state index contributed by atoms with van der Waals surface area (Å²) in [6, 6.07) is 0. The highest BCUT2D eigenvalue weighted by molar-refractivity contribution is 5.76. The number of carbonyl (C=O) groups excluding carboxylic acids is 1. The van der Waals surface area contributed by atoms with Crippen molar-refractivity contribution >= 4 is 5.78 Å². The van der Waals surface area contributed by atoms with Gasteiger partial charge in [0.25, 0.3) is 0 Å². The molecule has 0 aromatic carbocycles. The van der Waals surface area contributed by atoms with Crippen LogP contribution in [0.3, 0.4) is 0 Å². The first kappa shape index (κ1) is 9.50. The average Bonchev–Trinajstić information content (AvgIpc) is 2.15. The highest BCUT2D eigenvalue weighted by Crippen LogP contribution is 2.44. The third kappa shape index (κ3) is 1.60. The van der Waals surface area contributed by atoms with Crippen molar-refractivity contribution in [3.63, 3.8) is 0 Å². The molecular formula is C11H18O. The summed E-state index contributed by atoms with van der Waals surface area (Å²) >= 11 is 0. The van der Waals surface area contributed by atoms with Gasteiger partial charge in [0.1, 0.15) is 5.78 Å². The number of allylic oxidation sites excluding steroid dienone is 2. The smallest absolute Gasteiger partial charge is 0.130 e. The number of hydrogen-bond acceptors (Lipinski definition) is 1. The van der Waals surface area contributed by atoms with Gasteiger partial charge in [-0.05, 0) is 31.6 Å². The van der Waals surface area contributed by atoms with Crippen LogP contribution in [0.25, 0.3) is 0 Å². The first-order valence-electron chi connectivity index (χ1n) is 4.61. The molecule has 0 fully saturated rings. The van der Waals surface area contributed by atoms with Crippen LogP contribution < -0.4 is 0 Å². The van der Waals surface area contributed by atoms with Crippen molar-refractivity contribution in [3.05, 3.63) is 11.6 Å². The number of ketones is 1. The number of hydrogen-bond donors (Lipinski definition) is 0. The molecule has 1 heteroatoms. The van der Waals surface area contributed by atoms with Crippen LogP contribution in [0.1, 0.15) is 40.5 Å². The van der Waals surface area contributed by atoms with E-state index in [1.165, 1.54) is 5.57 Å². The van der Waals surface area contributed by atoms with Crippen LogP contribution in [0.15, 0.2) is 11.6 Å². The molecule has 1 aliphatic rings. The zero-order valence-corrected chi connectivity index (χ0v) is 8.48. The van der Waals surface area contributed by atoms with E-state index in [1.807, 2.05) is 0 Å². The van der Waals surface area contributed by atoms with Gasteiger partial charge >= 0.3 is 0 Å². The lowest BCUT2D eigenvalue weighted by Crippen LogP contribution is -2.22. The molecule has 68 valence electrons. The van der Waals surface area contributed by atoms with E-state index in [0.717, 1.165) is 12.8 Å². The fraction of sp³-hybridized carbons (Fsp3) is 0.727. The minimum absolute atomic E-state index is 0.242. The molecule has 12 heavy (non-hydrogen) atoms. The molecule has 0 bridgehead atoms. The summed E-state index contributed by atoms with van der Waals surface area (Å²) in [6.07, 6.45) is 4.09. The first-order chi connectivity index (χ1) is 5.44. The average molecular weight is 166 g/mol. The molecule has 0 saturated carbocycles. The van der Waals surface area contributed by atoms with E-state index in [0.29, 0.717) is 11.7 Å². The van der Waals surface area contributed by atoms with Crippen molar-refractivity contribution < 1.29 is 4.79 Å². The maximum Gasteiger partial charge on any atom is 0.130 e. The number of Topliss-reactive ketones (excluding diaryl/α,β-unsaturated/α-hetero) is 1. The Balaban J connectivity index is 2.67. The van der Waals surface area contributed by atoms with Gasteiger partial charge in [-0.25, -0.2) is 0 Å². The Labute approximate surface area is 74.9 Å². The van der Waals surface area contributed by atoms with Crippen LogP contribution in [0.2, 0.25) is 0 Å². The van der Waals surface area contributed by atoms with E-state index >= 15 is 0 Å². The van der Waals surface area contributed by atoms with Gasteiger partial charge in [-0.15, -0.1) is 0 Å². The van der Waals surface area contributed by atoms with Crippen molar-refractivity contribution in [2.45, 2.75) is 40.5 Å². The van der Waals surface area contributed by atoms with Crippen LogP contribution >= 0.6 is 0 Å². The fourth-order valence-electron chi connectivity index (χ4n) is 1.88. The third-order valence-electron chi connectivity index (χ3n) is 3.28. The summed E-state index contributed by atoms with van der Waals surface area (Å²) in [5.41, 5.74) is 1.68. The van der Waals surface area contributed by atoms with Crippen LogP contribution in [-0.2, 0) is 4.79 Å². The molecule has 0 heterocycles. The summed E-state index contributed by atoms with van der Waals surface area (Å²) < 4.78 is 0. The molecule has 1 nitrogen and oxygen atoms in total. The molecular weight excluding hydrogens is 148 g/mol. The van der Waals surface area contributed by atoms with Crippen LogP contribution in [-0.4, -0.2) is 5.78 Å². The third-order valence-corrected chi connectivity index (χ3v) is 3.28. The lowest BCUT2D eigenvalue weighted by molar-refractivity contribution is -0.118. The quantitative estimate of drug-likeness (QED) is 0.576. The molecule has 0 aliphatic heterocycles. The SMILES string of the molecule is CC(=O)C[C@@H]1CC=C(C)C1(C)C. The zero-order valence-electron chi connectivity index (χ0n) is 8.48. The Morgan fingerprint density at radius 3 is 2.58 bits per heavy atom. The van der Waals surface area contributed by atoms with Gasteiger partial charge in [0.05, 0.1) is 0 Å². The molecule has 0 N–H and O–H groups in total. The normalized spacial score (nSPS) is 27.0.